The van der Waals surface area contributed by atoms with E-state index in [1.165, 1.54) is 0 Å². The first-order valence-corrected chi connectivity index (χ1v) is 6.65. The molecule has 1 N–H and O–H groups in total. The van der Waals surface area contributed by atoms with Gasteiger partial charge in [-0.3, -0.25) is 9.48 Å². The van der Waals surface area contributed by atoms with Gasteiger partial charge in [0.15, 0.2) is 0 Å². The van der Waals surface area contributed by atoms with Crippen molar-refractivity contribution >= 4 is 5.91 Å². The van der Waals surface area contributed by atoms with Gasteiger partial charge < -0.3 is 10.1 Å². The van der Waals surface area contributed by atoms with Crippen molar-refractivity contribution in [2.75, 3.05) is 19.8 Å². The van der Waals surface area contributed by atoms with E-state index in [0.29, 0.717) is 0 Å². The lowest BCUT2D eigenvalue weighted by atomic mass is 9.76. The number of carbonyl (C=O) groups is 1. The molecular formula is C13H19N3O2. The van der Waals surface area contributed by atoms with Gasteiger partial charge in [0.1, 0.15) is 5.69 Å². The van der Waals surface area contributed by atoms with Gasteiger partial charge in [-0.1, -0.05) is 0 Å². The summed E-state index contributed by atoms with van der Waals surface area (Å²) < 4.78 is 7.24. The summed E-state index contributed by atoms with van der Waals surface area (Å²) in [5.74, 6) is 0.0210. The maximum absolute atomic E-state index is 12.2. The Morgan fingerprint density at radius 2 is 2.28 bits per heavy atom. The van der Waals surface area contributed by atoms with Crippen LogP contribution in [-0.4, -0.2) is 35.4 Å². The number of fused-ring (bicyclic) bond motifs is 1. The van der Waals surface area contributed by atoms with Crippen LogP contribution in [0.15, 0.2) is 6.20 Å². The summed E-state index contributed by atoms with van der Waals surface area (Å²) in [4.78, 5) is 12.2. The third kappa shape index (κ3) is 1.82. The highest BCUT2D eigenvalue weighted by Crippen LogP contribution is 2.36. The lowest BCUT2D eigenvalue weighted by Gasteiger charge is -2.35. The summed E-state index contributed by atoms with van der Waals surface area (Å²) in [6, 6.07) is 0. The van der Waals surface area contributed by atoms with Crippen molar-refractivity contribution in [1.82, 2.24) is 15.1 Å². The number of hydrogen-bond donors (Lipinski definition) is 1. The molecule has 98 valence electrons. The third-order valence-corrected chi connectivity index (χ3v) is 4.17. The fraction of sp³-hybridized carbons (Fsp3) is 0.692. The van der Waals surface area contributed by atoms with Crippen LogP contribution in [0.2, 0.25) is 0 Å². The van der Waals surface area contributed by atoms with Crippen LogP contribution < -0.4 is 5.32 Å². The zero-order valence-corrected chi connectivity index (χ0v) is 10.7. The van der Waals surface area contributed by atoms with E-state index < -0.39 is 0 Å². The number of nitrogens with zero attached hydrogens (tertiary/aromatic N) is 2. The standard InChI is InChI=1S/C13H19N3O2/c1-2-16-11-10(8-15-16)7-13(9-14-12(11)17)3-5-18-6-4-13/h8H,2-7,9H2,1H3,(H,14,17). The second kappa shape index (κ2) is 4.39. The second-order valence-corrected chi connectivity index (χ2v) is 5.31. The fourth-order valence-corrected chi connectivity index (χ4v) is 3.03. The van der Waals surface area contributed by atoms with Crippen molar-refractivity contribution in [3.05, 3.63) is 17.5 Å². The van der Waals surface area contributed by atoms with Crippen LogP contribution in [0.25, 0.3) is 0 Å². The molecule has 5 nitrogen and oxygen atoms in total. The fourth-order valence-electron chi connectivity index (χ4n) is 3.03. The molecule has 0 aromatic carbocycles. The van der Waals surface area contributed by atoms with Gasteiger partial charge in [-0.25, -0.2) is 0 Å². The third-order valence-electron chi connectivity index (χ3n) is 4.17. The zero-order valence-electron chi connectivity index (χ0n) is 10.7. The first-order valence-electron chi connectivity index (χ1n) is 6.65. The van der Waals surface area contributed by atoms with Crippen LogP contribution in [0.1, 0.15) is 35.8 Å². The van der Waals surface area contributed by atoms with Crippen LogP contribution in [0.4, 0.5) is 0 Å². The van der Waals surface area contributed by atoms with Crippen LogP contribution in [0.3, 0.4) is 0 Å². The molecule has 18 heavy (non-hydrogen) atoms. The van der Waals surface area contributed by atoms with E-state index >= 15 is 0 Å². The molecule has 0 aliphatic carbocycles. The van der Waals surface area contributed by atoms with E-state index in [-0.39, 0.29) is 11.3 Å². The quantitative estimate of drug-likeness (QED) is 0.807. The Kier molecular flexibility index (Phi) is 2.86. The summed E-state index contributed by atoms with van der Waals surface area (Å²) in [6.07, 6.45) is 4.83. The minimum absolute atomic E-state index is 0.0210. The minimum atomic E-state index is 0.0210. The first kappa shape index (κ1) is 11.7. The normalized spacial score (nSPS) is 22.4. The summed E-state index contributed by atoms with van der Waals surface area (Å²) in [7, 11) is 0. The van der Waals surface area contributed by atoms with Gasteiger partial charge in [-0.05, 0) is 31.6 Å². The molecule has 1 aromatic heterocycles. The molecule has 1 amide bonds. The number of amides is 1. The predicted octanol–water partition coefficient (Wildman–Crippen LogP) is 0.986. The van der Waals surface area contributed by atoms with Crippen molar-refractivity contribution in [1.29, 1.82) is 0 Å². The molecule has 0 radical (unpaired) electrons. The summed E-state index contributed by atoms with van der Waals surface area (Å²) in [6.45, 7) is 5.10. The maximum Gasteiger partial charge on any atom is 0.269 e. The van der Waals surface area contributed by atoms with E-state index in [9.17, 15) is 4.79 Å². The summed E-state index contributed by atoms with van der Waals surface area (Å²) in [5.41, 5.74) is 2.01. The van der Waals surface area contributed by atoms with Crippen LogP contribution in [-0.2, 0) is 17.7 Å². The number of nitrogens with one attached hydrogen (secondary N) is 1. The van der Waals surface area contributed by atoms with Crippen molar-refractivity contribution in [3.8, 4) is 0 Å². The monoisotopic (exact) mass is 249 g/mol. The molecule has 0 atom stereocenters. The lowest BCUT2D eigenvalue weighted by molar-refractivity contribution is 0.0161. The summed E-state index contributed by atoms with van der Waals surface area (Å²) >= 11 is 0. The molecule has 3 rings (SSSR count). The smallest absolute Gasteiger partial charge is 0.269 e. The van der Waals surface area contributed by atoms with E-state index in [0.717, 1.165) is 56.8 Å². The molecular weight excluding hydrogens is 230 g/mol. The molecule has 3 heterocycles. The lowest BCUT2D eigenvalue weighted by Crippen LogP contribution is -2.40. The Morgan fingerprint density at radius 3 is 3.00 bits per heavy atom. The average molecular weight is 249 g/mol. The number of carbonyl (C=O) groups excluding carboxylic acids is 1. The molecule has 0 bridgehead atoms. The Bertz CT molecular complexity index is 461. The van der Waals surface area contributed by atoms with E-state index in [2.05, 4.69) is 10.4 Å². The van der Waals surface area contributed by atoms with Gasteiger partial charge in [-0.15, -0.1) is 0 Å². The maximum atomic E-state index is 12.2. The van der Waals surface area contributed by atoms with Gasteiger partial charge in [0.25, 0.3) is 5.91 Å². The molecule has 1 saturated heterocycles. The molecule has 0 unspecified atom stereocenters. The molecule has 1 spiro atoms. The topological polar surface area (TPSA) is 56.2 Å². The van der Waals surface area contributed by atoms with Crippen molar-refractivity contribution in [2.45, 2.75) is 32.7 Å². The second-order valence-electron chi connectivity index (χ2n) is 5.31. The van der Waals surface area contributed by atoms with Gasteiger partial charge in [0.2, 0.25) is 0 Å². The summed E-state index contributed by atoms with van der Waals surface area (Å²) in [5, 5.41) is 7.38. The van der Waals surface area contributed by atoms with Gasteiger partial charge in [0.05, 0.1) is 6.20 Å². The molecule has 0 saturated carbocycles. The molecule has 1 fully saturated rings. The zero-order chi connectivity index (χ0) is 12.6. The van der Waals surface area contributed by atoms with Gasteiger partial charge >= 0.3 is 0 Å². The number of aromatic nitrogens is 2. The Balaban J connectivity index is 1.96. The number of ether oxygens (including phenoxy) is 1. The average Bonchev–Trinajstić information content (AvgIpc) is 2.74. The highest BCUT2D eigenvalue weighted by atomic mass is 16.5. The van der Waals surface area contributed by atoms with Crippen LogP contribution in [0.5, 0.6) is 0 Å². The van der Waals surface area contributed by atoms with Crippen LogP contribution >= 0.6 is 0 Å². The molecule has 1 aromatic rings. The number of aryl methyl sites for hydroxylation is 1. The predicted molar refractivity (Wildman–Crippen MR) is 66.4 cm³/mol. The Hall–Kier alpha value is -1.36. The number of rotatable bonds is 1. The Labute approximate surface area is 107 Å². The number of hydrogen-bond acceptors (Lipinski definition) is 3. The van der Waals surface area contributed by atoms with Crippen LogP contribution in [0, 0.1) is 5.41 Å². The van der Waals surface area contributed by atoms with Gasteiger partial charge in [-0.2, -0.15) is 5.10 Å². The van der Waals surface area contributed by atoms with Crippen molar-refractivity contribution in [2.24, 2.45) is 5.41 Å². The molecule has 2 aliphatic rings. The largest absolute Gasteiger partial charge is 0.381 e. The molecule has 2 aliphatic heterocycles. The SMILES string of the molecule is CCn1ncc2c1C(=O)NCC1(CCOCC1)C2. The van der Waals surface area contributed by atoms with E-state index in [4.69, 9.17) is 4.74 Å². The highest BCUT2D eigenvalue weighted by Gasteiger charge is 2.38. The van der Waals surface area contributed by atoms with Gasteiger partial charge in [0, 0.05) is 31.9 Å². The van der Waals surface area contributed by atoms with E-state index in [1.807, 2.05) is 13.1 Å². The minimum Gasteiger partial charge on any atom is -0.381 e. The Morgan fingerprint density at radius 1 is 1.50 bits per heavy atom. The van der Waals surface area contributed by atoms with E-state index in [1.54, 1.807) is 4.68 Å². The molecule has 5 heteroatoms. The van der Waals surface area contributed by atoms with Crippen molar-refractivity contribution < 1.29 is 9.53 Å². The first-order chi connectivity index (χ1) is 8.74. The highest BCUT2D eigenvalue weighted by molar-refractivity contribution is 5.94. The van der Waals surface area contributed by atoms with Crippen molar-refractivity contribution in [3.63, 3.8) is 0 Å².